The molecule has 80 valence electrons. The van der Waals surface area contributed by atoms with E-state index in [0.29, 0.717) is 0 Å². The summed E-state index contributed by atoms with van der Waals surface area (Å²) >= 11 is 0. The number of unbranched alkanes of at least 4 members (excludes halogenated alkanes) is 1. The molecule has 0 aliphatic carbocycles. The van der Waals surface area contributed by atoms with Gasteiger partial charge in [-0.3, -0.25) is 0 Å². The van der Waals surface area contributed by atoms with E-state index in [2.05, 4.69) is 27.7 Å². The Bertz CT molecular complexity index is 94.2. The smallest absolute Gasteiger partial charge is 0.0414 e. The van der Waals surface area contributed by atoms with Crippen molar-refractivity contribution in [1.29, 1.82) is 0 Å². The van der Waals surface area contributed by atoms with Crippen molar-refractivity contribution in [1.82, 2.24) is 0 Å². The molecule has 13 heavy (non-hydrogen) atoms. The Morgan fingerprint density at radius 1 is 0.769 bits per heavy atom. The second kappa shape index (κ2) is 8.59. The maximum absolute atomic E-state index is 2.34. The van der Waals surface area contributed by atoms with E-state index >= 15 is 0 Å². The van der Waals surface area contributed by atoms with Gasteiger partial charge >= 0.3 is 0 Å². The Balaban J connectivity index is 3.53. The zero-order chi connectivity index (χ0) is 10.1. The third-order valence-electron chi connectivity index (χ3n) is 2.82. The lowest BCUT2D eigenvalue weighted by atomic mass is 9.90. The molecule has 0 aromatic carbocycles. The van der Waals surface area contributed by atoms with Gasteiger partial charge in [0.25, 0.3) is 0 Å². The first-order chi connectivity index (χ1) is 6.20. The van der Waals surface area contributed by atoms with E-state index in [0.717, 1.165) is 11.8 Å². The molecule has 0 bridgehead atoms. The summed E-state index contributed by atoms with van der Waals surface area (Å²) in [5.41, 5.74) is 0. The van der Waals surface area contributed by atoms with E-state index in [-0.39, 0.29) is 0 Å². The molecule has 0 saturated carbocycles. The highest BCUT2D eigenvalue weighted by atomic mass is 14.1. The topological polar surface area (TPSA) is 0 Å². The highest BCUT2D eigenvalue weighted by Crippen LogP contribution is 2.22. The summed E-state index contributed by atoms with van der Waals surface area (Å²) in [7, 11) is 0. The molecule has 0 aromatic rings. The normalized spacial score (nSPS) is 13.6. The molecule has 0 rings (SSSR count). The second-order valence-corrected chi connectivity index (χ2v) is 4.77. The zero-order valence-corrected chi connectivity index (χ0v) is 10.1. The fraction of sp³-hybridized carbons (Fsp3) is 1.00. The van der Waals surface area contributed by atoms with Crippen molar-refractivity contribution in [2.75, 3.05) is 0 Å². The van der Waals surface area contributed by atoms with Gasteiger partial charge in [0.05, 0.1) is 0 Å². The van der Waals surface area contributed by atoms with Gasteiger partial charge in [-0.15, -0.1) is 0 Å². The van der Waals surface area contributed by atoms with E-state index < -0.39 is 0 Å². The van der Waals surface area contributed by atoms with Crippen LogP contribution in [0.1, 0.15) is 72.6 Å². The summed E-state index contributed by atoms with van der Waals surface area (Å²) in [6, 6.07) is 0. The van der Waals surface area contributed by atoms with Crippen molar-refractivity contribution in [3.8, 4) is 0 Å². The van der Waals surface area contributed by atoms with Crippen molar-refractivity contribution in [2.24, 2.45) is 11.8 Å². The van der Waals surface area contributed by atoms with Crippen molar-refractivity contribution >= 4 is 0 Å². The van der Waals surface area contributed by atoms with Crippen LogP contribution >= 0.6 is 0 Å². The van der Waals surface area contributed by atoms with E-state index in [1.165, 1.54) is 44.9 Å². The van der Waals surface area contributed by atoms with Gasteiger partial charge in [0.1, 0.15) is 0 Å². The van der Waals surface area contributed by atoms with Crippen LogP contribution < -0.4 is 0 Å². The summed E-state index contributed by atoms with van der Waals surface area (Å²) < 4.78 is 0. The lowest BCUT2D eigenvalue weighted by molar-refractivity contribution is 0.366. The summed E-state index contributed by atoms with van der Waals surface area (Å²) in [6.07, 6.45) is 9.97. The van der Waals surface area contributed by atoms with Crippen molar-refractivity contribution < 1.29 is 0 Å². The molecule has 1 atom stereocenters. The first-order valence-electron chi connectivity index (χ1n) is 6.20. The van der Waals surface area contributed by atoms with Crippen LogP contribution in [-0.4, -0.2) is 0 Å². The van der Waals surface area contributed by atoms with Crippen molar-refractivity contribution in [3.05, 3.63) is 0 Å². The average Bonchev–Trinajstić information content (AvgIpc) is 2.09. The standard InChI is InChI=1S/C13H28/c1-5-7-9-13(8-6-2)11-10-12(3)4/h12-13H,5-11H2,1-4H3/t13-/m0/s1. The summed E-state index contributed by atoms with van der Waals surface area (Å²) in [4.78, 5) is 0. The summed E-state index contributed by atoms with van der Waals surface area (Å²) in [5.74, 6) is 1.91. The summed E-state index contributed by atoms with van der Waals surface area (Å²) in [6.45, 7) is 9.28. The molecule has 0 fully saturated rings. The number of hydrogen-bond donors (Lipinski definition) is 0. The SMILES string of the molecule is CCCC[C@H](CCC)CCC(C)C. The molecule has 0 heteroatoms. The Hall–Kier alpha value is 0. The molecule has 0 N–H and O–H groups in total. The van der Waals surface area contributed by atoms with Gasteiger partial charge in [0.2, 0.25) is 0 Å². The average molecular weight is 184 g/mol. The monoisotopic (exact) mass is 184 g/mol. The molecule has 0 heterocycles. The molecular weight excluding hydrogens is 156 g/mol. The first kappa shape index (κ1) is 13.0. The van der Waals surface area contributed by atoms with Gasteiger partial charge < -0.3 is 0 Å². The second-order valence-electron chi connectivity index (χ2n) is 4.77. The Kier molecular flexibility index (Phi) is 8.59. The predicted molar refractivity (Wildman–Crippen MR) is 62.0 cm³/mol. The van der Waals surface area contributed by atoms with Gasteiger partial charge in [-0.05, 0) is 11.8 Å². The largest absolute Gasteiger partial charge is 0.0654 e. The van der Waals surface area contributed by atoms with E-state index in [1.807, 2.05) is 0 Å². The van der Waals surface area contributed by atoms with Crippen molar-refractivity contribution in [2.45, 2.75) is 72.6 Å². The molecule has 0 aliphatic heterocycles. The van der Waals surface area contributed by atoms with Crippen LogP contribution in [0.15, 0.2) is 0 Å². The predicted octanol–water partition coefficient (Wildman–Crippen LogP) is 5.03. The molecule has 0 unspecified atom stereocenters. The first-order valence-corrected chi connectivity index (χ1v) is 6.20. The molecule has 0 aliphatic rings. The fourth-order valence-electron chi connectivity index (χ4n) is 1.90. The van der Waals surface area contributed by atoms with E-state index in [1.54, 1.807) is 0 Å². The molecule has 0 spiro atoms. The van der Waals surface area contributed by atoms with Crippen LogP contribution in [0.4, 0.5) is 0 Å². The molecular formula is C13H28. The van der Waals surface area contributed by atoms with Crippen LogP contribution in [0.3, 0.4) is 0 Å². The van der Waals surface area contributed by atoms with Crippen molar-refractivity contribution in [3.63, 3.8) is 0 Å². The van der Waals surface area contributed by atoms with E-state index in [9.17, 15) is 0 Å². The maximum atomic E-state index is 2.34. The zero-order valence-electron chi connectivity index (χ0n) is 10.1. The van der Waals surface area contributed by atoms with Gasteiger partial charge in [-0.1, -0.05) is 72.6 Å². The molecule has 0 aromatic heterocycles. The maximum Gasteiger partial charge on any atom is -0.0414 e. The highest BCUT2D eigenvalue weighted by Gasteiger charge is 2.07. The molecule has 0 nitrogen and oxygen atoms in total. The minimum Gasteiger partial charge on any atom is -0.0654 e. The Morgan fingerprint density at radius 3 is 1.92 bits per heavy atom. The quantitative estimate of drug-likeness (QED) is 0.496. The van der Waals surface area contributed by atoms with Crippen LogP contribution in [0.2, 0.25) is 0 Å². The Morgan fingerprint density at radius 2 is 1.46 bits per heavy atom. The molecule has 0 saturated heterocycles. The lowest BCUT2D eigenvalue weighted by Crippen LogP contribution is -2.02. The minimum atomic E-state index is 0.890. The number of rotatable bonds is 8. The Labute approximate surface area is 85.1 Å². The van der Waals surface area contributed by atoms with Crippen LogP contribution in [0.5, 0.6) is 0 Å². The van der Waals surface area contributed by atoms with Gasteiger partial charge in [-0.2, -0.15) is 0 Å². The van der Waals surface area contributed by atoms with Gasteiger partial charge in [0, 0.05) is 0 Å². The lowest BCUT2D eigenvalue weighted by Gasteiger charge is -2.16. The van der Waals surface area contributed by atoms with Crippen LogP contribution in [0.25, 0.3) is 0 Å². The minimum absolute atomic E-state index is 0.890. The third kappa shape index (κ3) is 8.33. The molecule has 0 amide bonds. The number of hydrogen-bond acceptors (Lipinski definition) is 0. The summed E-state index contributed by atoms with van der Waals surface area (Å²) in [5, 5.41) is 0. The van der Waals surface area contributed by atoms with Gasteiger partial charge in [-0.25, -0.2) is 0 Å². The molecule has 0 radical (unpaired) electrons. The van der Waals surface area contributed by atoms with Gasteiger partial charge in [0.15, 0.2) is 0 Å². The van der Waals surface area contributed by atoms with Crippen LogP contribution in [0, 0.1) is 11.8 Å². The van der Waals surface area contributed by atoms with Crippen LogP contribution in [-0.2, 0) is 0 Å². The third-order valence-corrected chi connectivity index (χ3v) is 2.82. The van der Waals surface area contributed by atoms with E-state index in [4.69, 9.17) is 0 Å². The fourth-order valence-corrected chi connectivity index (χ4v) is 1.90. The highest BCUT2D eigenvalue weighted by molar-refractivity contribution is 4.60.